The average molecular weight is 452 g/mol. The molecule has 0 aromatic heterocycles. The van der Waals surface area contributed by atoms with Crippen LogP contribution in [0.15, 0.2) is 0 Å². The Hall–Kier alpha value is -1.09. The molecule has 0 fully saturated rings. The fourth-order valence-electron chi connectivity index (χ4n) is 0. The van der Waals surface area contributed by atoms with Gasteiger partial charge in [-0.25, -0.2) is 13.2 Å². The van der Waals surface area contributed by atoms with E-state index in [9.17, 15) is 66.0 Å². The van der Waals surface area contributed by atoms with Crippen molar-refractivity contribution in [3.8, 4) is 0 Å². The third kappa shape index (κ3) is 165. The van der Waals surface area contributed by atoms with Crippen molar-refractivity contribution in [2.45, 2.75) is 32.4 Å². The summed E-state index contributed by atoms with van der Waals surface area (Å²) in [7, 11) is 0.500. The maximum Gasteiger partial charge on any atom is 0.416 e. The van der Waals surface area contributed by atoms with Gasteiger partial charge in [0.2, 0.25) is 0 Å². The molecule has 0 saturated carbocycles. The number of halogens is 15. The van der Waals surface area contributed by atoms with Gasteiger partial charge in [-0.1, -0.05) is 0 Å². The van der Waals surface area contributed by atoms with Crippen LogP contribution in [0, 0.1) is 0 Å². The first-order valence-corrected chi connectivity index (χ1v) is 6.07. The molecule has 0 radical (unpaired) electrons. The van der Waals surface area contributed by atoms with Crippen LogP contribution in [0.2, 0.25) is 0 Å². The zero-order valence-electron chi connectivity index (χ0n) is 14.1. The number of hydrogen-bond donors (Lipinski definition) is 0. The molecule has 174 valence electrons. The second-order valence-electron chi connectivity index (χ2n) is 2.91. The van der Waals surface area contributed by atoms with E-state index in [0.717, 1.165) is 0 Å². The summed E-state index contributed by atoms with van der Waals surface area (Å²) < 4.78 is 155. The van der Waals surface area contributed by atoms with Crippen LogP contribution >= 0.6 is 0 Å². The molecule has 27 heavy (non-hydrogen) atoms. The monoisotopic (exact) mass is 452 g/mol. The van der Waals surface area contributed by atoms with E-state index >= 15 is 0 Å². The largest absolute Gasteiger partial charge is 0.416 e. The molecule has 0 rings (SSSR count). The highest BCUT2D eigenvalue weighted by molar-refractivity contribution is 4.40. The Morgan fingerprint density at radius 3 is 0.630 bits per heavy atom. The van der Waals surface area contributed by atoms with E-state index in [4.69, 9.17) is 0 Å². The first kappa shape index (κ1) is 40.6. The van der Waals surface area contributed by atoms with Crippen molar-refractivity contribution < 1.29 is 70.9 Å². The molecule has 0 aliphatic heterocycles. The summed E-state index contributed by atoms with van der Waals surface area (Å²) in [6.45, 7) is -3.74. The van der Waals surface area contributed by atoms with Crippen LogP contribution in [0.1, 0.15) is 13.8 Å². The van der Waals surface area contributed by atoms with E-state index in [2.05, 4.69) is 4.94 Å². The minimum absolute atomic E-state index is 0.153. The number of alkyl halides is 14. The maximum atomic E-state index is 10.4. The van der Waals surface area contributed by atoms with Crippen molar-refractivity contribution in [1.29, 1.82) is 0 Å². The molecular formula is C11H19F15O. The topological polar surface area (TPSA) is 9.23 Å². The quantitative estimate of drug-likeness (QED) is 0.389. The summed E-state index contributed by atoms with van der Waals surface area (Å²) in [5.74, 6) is 0. The van der Waals surface area contributed by atoms with Gasteiger partial charge in [0, 0.05) is 0 Å². The minimum Gasteiger partial charge on any atom is -0.255 e. The zero-order valence-corrected chi connectivity index (χ0v) is 14.1. The Bertz CT molecular complexity index is 188. The average Bonchev–Trinajstić information content (AvgIpc) is 2.57. The van der Waals surface area contributed by atoms with Gasteiger partial charge in [0.15, 0.2) is 20.0 Å². The van der Waals surface area contributed by atoms with Gasteiger partial charge in [0.05, 0.1) is 20.5 Å². The predicted molar refractivity (Wildman–Crippen MR) is 67.5 cm³/mol. The first-order valence-electron chi connectivity index (χ1n) is 6.07. The fraction of sp³-hybridized carbons (Fsp3) is 1.00. The van der Waals surface area contributed by atoms with Gasteiger partial charge in [-0.2, -0.15) is 44.5 Å². The van der Waals surface area contributed by atoms with E-state index < -0.39 is 38.6 Å². The summed E-state index contributed by atoms with van der Waals surface area (Å²) in [5.41, 5.74) is 0. The van der Waals surface area contributed by atoms with Crippen molar-refractivity contribution in [2.75, 3.05) is 40.5 Å². The molecule has 0 heterocycles. The second-order valence-corrected chi connectivity index (χ2v) is 2.91. The Labute approximate surface area is 145 Å². The van der Waals surface area contributed by atoms with E-state index in [0.29, 0.717) is 7.18 Å². The molecule has 0 unspecified atom stereocenters. The van der Waals surface area contributed by atoms with Gasteiger partial charge in [-0.3, -0.25) is 8.78 Å². The van der Waals surface area contributed by atoms with Gasteiger partial charge in [-0.15, -0.1) is 0 Å². The normalized spacial score (nSPS) is 10.0. The molecule has 0 aromatic rings. The lowest BCUT2D eigenvalue weighted by Crippen LogP contribution is -2.08. The second kappa shape index (κ2) is 27.1. The fourth-order valence-corrected chi connectivity index (χ4v) is 0. The number of rotatable bonds is 1. The molecule has 0 aliphatic carbocycles. The third-order valence-electron chi connectivity index (χ3n) is 0.564. The standard InChI is InChI=1S/3C2H2F4.C2H5FO.C2H5F.CH3F/c3*3-1-2(4,5)6;1-2-4-3;1-2-3;1-2/h3*1H2;2H2,1H3;2H2,1H3;1H3. The Morgan fingerprint density at radius 2 is 0.630 bits per heavy atom. The summed E-state index contributed by atoms with van der Waals surface area (Å²) >= 11 is 0. The number of hydrogen-bond acceptors (Lipinski definition) is 1. The van der Waals surface area contributed by atoms with Crippen molar-refractivity contribution in [3.05, 3.63) is 0 Å². The van der Waals surface area contributed by atoms with Crippen LogP contribution in [0.25, 0.3) is 0 Å². The molecule has 1 nitrogen and oxygen atoms in total. The lowest BCUT2D eigenvalue weighted by Gasteiger charge is -1.93. The van der Waals surface area contributed by atoms with Crippen molar-refractivity contribution in [1.82, 2.24) is 0 Å². The van der Waals surface area contributed by atoms with E-state index in [-0.39, 0.29) is 13.3 Å². The van der Waals surface area contributed by atoms with E-state index in [1.165, 1.54) is 6.92 Å². The molecule has 0 aromatic carbocycles. The highest BCUT2D eigenvalue weighted by Gasteiger charge is 2.27. The molecular weight excluding hydrogens is 433 g/mol. The van der Waals surface area contributed by atoms with Crippen LogP contribution in [0.5, 0.6) is 0 Å². The molecule has 0 N–H and O–H groups in total. The minimum atomic E-state index is -4.62. The van der Waals surface area contributed by atoms with Crippen LogP contribution in [0.4, 0.5) is 66.0 Å². The van der Waals surface area contributed by atoms with E-state index in [1.54, 1.807) is 6.92 Å². The maximum absolute atomic E-state index is 10.4. The van der Waals surface area contributed by atoms with Crippen LogP contribution in [-0.2, 0) is 4.94 Å². The first-order chi connectivity index (χ1) is 12.0. The van der Waals surface area contributed by atoms with Crippen LogP contribution in [-0.4, -0.2) is 59.0 Å². The van der Waals surface area contributed by atoms with Crippen LogP contribution < -0.4 is 0 Å². The van der Waals surface area contributed by atoms with Crippen molar-refractivity contribution in [2.24, 2.45) is 0 Å². The van der Waals surface area contributed by atoms with Gasteiger partial charge in [0.1, 0.15) is 0 Å². The molecule has 0 spiro atoms. The lowest BCUT2D eigenvalue weighted by molar-refractivity contribution is -0.142. The molecule has 0 aliphatic rings. The SMILES string of the molecule is CCF.CCOF.CF.FCC(F)(F)F.FCC(F)(F)F.FCC(F)(F)F. The van der Waals surface area contributed by atoms with E-state index in [1.807, 2.05) is 0 Å². The highest BCUT2D eigenvalue weighted by atomic mass is 19.4. The summed E-state index contributed by atoms with van der Waals surface area (Å²) in [4.78, 5) is 3.04. The molecule has 0 bridgehead atoms. The molecule has 16 heteroatoms. The Kier molecular flexibility index (Phi) is 40.8. The van der Waals surface area contributed by atoms with Crippen molar-refractivity contribution in [3.63, 3.8) is 0 Å². The smallest absolute Gasteiger partial charge is 0.255 e. The Morgan fingerprint density at radius 1 is 0.556 bits per heavy atom. The zero-order chi connectivity index (χ0) is 23.7. The van der Waals surface area contributed by atoms with Gasteiger partial charge in [0.25, 0.3) is 0 Å². The van der Waals surface area contributed by atoms with Crippen molar-refractivity contribution >= 4 is 0 Å². The molecule has 0 saturated heterocycles. The third-order valence-corrected chi connectivity index (χ3v) is 0.564. The Balaban J connectivity index is -0.0000000508. The van der Waals surface area contributed by atoms with Gasteiger partial charge in [-0.05, 0) is 18.4 Å². The van der Waals surface area contributed by atoms with Crippen LogP contribution in [0.3, 0.4) is 0 Å². The summed E-state index contributed by atoms with van der Waals surface area (Å²) in [6.07, 6.45) is -13.9. The lowest BCUT2D eigenvalue weighted by atomic mass is 10.8. The van der Waals surface area contributed by atoms with Gasteiger partial charge >= 0.3 is 18.5 Å². The predicted octanol–water partition coefficient (Wildman–Crippen LogP) is 7.02. The molecule has 0 amide bonds. The van der Waals surface area contributed by atoms with Gasteiger partial charge < -0.3 is 0 Å². The summed E-state index contributed by atoms with van der Waals surface area (Å²) in [6, 6.07) is 0. The molecule has 0 atom stereocenters. The summed E-state index contributed by atoms with van der Waals surface area (Å²) in [5, 5.41) is 0. The highest BCUT2D eigenvalue weighted by Crippen LogP contribution is 2.14.